The van der Waals surface area contributed by atoms with Gasteiger partial charge in [0.25, 0.3) is 0 Å². The third-order valence-corrected chi connectivity index (χ3v) is 7.65. The monoisotopic (exact) mass is 349 g/mol. The third kappa shape index (κ3) is 2.52. The molecule has 0 aromatic heterocycles. The van der Waals surface area contributed by atoms with Gasteiger partial charge < -0.3 is 10.1 Å². The van der Waals surface area contributed by atoms with E-state index in [-0.39, 0.29) is 6.04 Å². The minimum Gasteiger partial charge on any atom is -0.377 e. The quantitative estimate of drug-likeness (QED) is 0.907. The van der Waals surface area contributed by atoms with E-state index in [9.17, 15) is 8.42 Å². The zero-order valence-corrected chi connectivity index (χ0v) is 15.3. The highest BCUT2D eigenvalue weighted by Gasteiger charge is 2.64. The molecule has 0 amide bonds. The fourth-order valence-electron chi connectivity index (χ4n) is 5.31. The van der Waals surface area contributed by atoms with E-state index >= 15 is 0 Å². The number of fused-ring (bicyclic) bond motifs is 2. The predicted molar refractivity (Wildman–Crippen MR) is 93.6 cm³/mol. The number of hydrogen-bond donors (Lipinski definition) is 1. The van der Waals surface area contributed by atoms with Crippen LogP contribution in [-0.2, 0) is 14.6 Å². The average molecular weight is 349 g/mol. The maximum Gasteiger partial charge on any atom is 0.175 e. The van der Waals surface area contributed by atoms with Gasteiger partial charge in [-0.3, -0.25) is 0 Å². The first-order valence-electron chi connectivity index (χ1n) is 9.09. The summed E-state index contributed by atoms with van der Waals surface area (Å²) in [4.78, 5) is 0.388. The molecule has 1 heterocycles. The highest BCUT2D eigenvalue weighted by Crippen LogP contribution is 2.61. The van der Waals surface area contributed by atoms with Gasteiger partial charge in [0.2, 0.25) is 0 Å². The molecule has 0 radical (unpaired) electrons. The first-order valence-corrected chi connectivity index (χ1v) is 11.0. The van der Waals surface area contributed by atoms with E-state index in [0.717, 1.165) is 12.2 Å². The lowest BCUT2D eigenvalue weighted by Gasteiger charge is -2.57. The van der Waals surface area contributed by atoms with Gasteiger partial charge in [-0.2, -0.15) is 0 Å². The summed E-state index contributed by atoms with van der Waals surface area (Å²) in [7, 11) is -3.13. The molecule has 1 N–H and O–H groups in total. The minimum atomic E-state index is -3.13. The van der Waals surface area contributed by atoms with Gasteiger partial charge in [0.05, 0.1) is 11.0 Å². The number of hydrogen-bond acceptors (Lipinski definition) is 4. The van der Waals surface area contributed by atoms with Crippen molar-refractivity contribution in [3.8, 4) is 0 Å². The van der Waals surface area contributed by atoms with Crippen LogP contribution in [-0.4, -0.2) is 33.4 Å². The van der Waals surface area contributed by atoms with E-state index < -0.39 is 9.84 Å². The molecule has 0 bridgehead atoms. The van der Waals surface area contributed by atoms with Gasteiger partial charge in [0.15, 0.2) is 9.84 Å². The van der Waals surface area contributed by atoms with Gasteiger partial charge in [-0.1, -0.05) is 25.0 Å². The number of nitrogens with one attached hydrogen (secondary N) is 1. The van der Waals surface area contributed by atoms with Crippen molar-refractivity contribution in [2.75, 3.05) is 12.9 Å². The van der Waals surface area contributed by atoms with Crippen LogP contribution in [0.15, 0.2) is 29.2 Å². The standard InChI is InChI=1S/C19H27NO3S/c1-13(14-5-7-15(8-6-14)24(2,21)22)20-17-16-9-12-23-18(16)19(17)10-3-4-11-19/h5-8,13,16-18,20H,3-4,9-12H2,1-2H3/t13-,16+,17+,18+/m0/s1. The highest BCUT2D eigenvalue weighted by atomic mass is 32.2. The molecule has 2 aliphatic carbocycles. The Kier molecular flexibility index (Phi) is 4.01. The molecule has 5 heteroatoms. The first-order chi connectivity index (χ1) is 11.4. The molecule has 0 unspecified atom stereocenters. The summed E-state index contributed by atoms with van der Waals surface area (Å²) < 4.78 is 29.3. The second-order valence-corrected chi connectivity index (χ2v) is 9.91. The Morgan fingerprint density at radius 2 is 1.88 bits per heavy atom. The lowest BCUT2D eigenvalue weighted by atomic mass is 9.54. The van der Waals surface area contributed by atoms with E-state index in [0.29, 0.717) is 28.4 Å². The van der Waals surface area contributed by atoms with Crippen LogP contribution in [0.5, 0.6) is 0 Å². The van der Waals surface area contributed by atoms with Crippen LogP contribution in [0.1, 0.15) is 50.6 Å². The average Bonchev–Trinajstić information content (AvgIpc) is 3.20. The molecule has 4 atom stereocenters. The van der Waals surface area contributed by atoms with Crippen molar-refractivity contribution < 1.29 is 13.2 Å². The van der Waals surface area contributed by atoms with Gasteiger partial charge >= 0.3 is 0 Å². The van der Waals surface area contributed by atoms with Crippen molar-refractivity contribution in [3.05, 3.63) is 29.8 Å². The molecule has 132 valence electrons. The summed E-state index contributed by atoms with van der Waals surface area (Å²) >= 11 is 0. The maximum absolute atomic E-state index is 11.6. The molecule has 4 rings (SSSR count). The van der Waals surface area contributed by atoms with E-state index in [1.54, 1.807) is 12.1 Å². The van der Waals surface area contributed by atoms with Gasteiger partial charge in [-0.25, -0.2) is 8.42 Å². The van der Waals surface area contributed by atoms with Crippen molar-refractivity contribution in [3.63, 3.8) is 0 Å². The molecule has 1 spiro atoms. The maximum atomic E-state index is 11.6. The predicted octanol–water partition coefficient (Wildman–Crippen LogP) is 3.09. The number of benzene rings is 1. The summed E-state index contributed by atoms with van der Waals surface area (Å²) in [5.74, 6) is 0.654. The van der Waals surface area contributed by atoms with Crippen molar-refractivity contribution in [1.29, 1.82) is 0 Å². The van der Waals surface area contributed by atoms with Crippen molar-refractivity contribution >= 4 is 9.84 Å². The van der Waals surface area contributed by atoms with Crippen LogP contribution in [0.25, 0.3) is 0 Å². The highest BCUT2D eigenvalue weighted by molar-refractivity contribution is 7.90. The lowest BCUT2D eigenvalue weighted by molar-refractivity contribution is -0.132. The van der Waals surface area contributed by atoms with Gasteiger partial charge in [0.1, 0.15) is 0 Å². The van der Waals surface area contributed by atoms with Crippen molar-refractivity contribution in [1.82, 2.24) is 5.32 Å². The second kappa shape index (κ2) is 5.82. The fraction of sp³-hybridized carbons (Fsp3) is 0.684. The molecule has 4 nitrogen and oxygen atoms in total. The molecule has 3 fully saturated rings. The Balaban J connectivity index is 1.50. The molecule has 3 aliphatic rings. The van der Waals surface area contributed by atoms with E-state index in [1.165, 1.54) is 38.4 Å². The van der Waals surface area contributed by atoms with Crippen LogP contribution in [0.3, 0.4) is 0 Å². The molecule has 1 aliphatic heterocycles. The molecule has 1 aromatic rings. The Bertz CT molecular complexity index is 707. The zero-order chi connectivity index (χ0) is 16.9. The first kappa shape index (κ1) is 16.6. The van der Waals surface area contributed by atoms with Gasteiger partial charge in [-0.05, 0) is 43.9 Å². The minimum absolute atomic E-state index is 0.225. The molecule has 24 heavy (non-hydrogen) atoms. The Morgan fingerprint density at radius 1 is 1.21 bits per heavy atom. The third-order valence-electron chi connectivity index (χ3n) is 6.52. The van der Waals surface area contributed by atoms with Gasteiger partial charge in [0, 0.05) is 36.3 Å². The molecule has 2 saturated carbocycles. The Labute approximate surface area is 144 Å². The fourth-order valence-corrected chi connectivity index (χ4v) is 5.94. The second-order valence-electron chi connectivity index (χ2n) is 7.89. The largest absolute Gasteiger partial charge is 0.377 e. The van der Waals surface area contributed by atoms with Crippen molar-refractivity contribution in [2.45, 2.75) is 62.1 Å². The summed E-state index contributed by atoms with van der Waals surface area (Å²) in [5.41, 5.74) is 1.50. The number of sulfone groups is 1. The zero-order valence-electron chi connectivity index (χ0n) is 14.5. The SMILES string of the molecule is C[C@H](N[C@@H]1[C@H]2CCO[C@H]2C12CCCC2)c1ccc(S(C)(=O)=O)cc1. The molecule has 1 saturated heterocycles. The van der Waals surface area contributed by atoms with Crippen LogP contribution >= 0.6 is 0 Å². The van der Waals surface area contributed by atoms with Crippen LogP contribution in [0.4, 0.5) is 0 Å². The number of rotatable bonds is 4. The summed E-state index contributed by atoms with van der Waals surface area (Å²) in [6, 6.07) is 8.08. The Hall–Kier alpha value is -0.910. The van der Waals surface area contributed by atoms with Crippen LogP contribution in [0, 0.1) is 11.3 Å². The van der Waals surface area contributed by atoms with E-state index in [4.69, 9.17) is 4.74 Å². The number of ether oxygens (including phenoxy) is 1. The summed E-state index contributed by atoms with van der Waals surface area (Å²) in [5, 5.41) is 3.87. The molecule has 1 aromatic carbocycles. The van der Waals surface area contributed by atoms with Crippen molar-refractivity contribution in [2.24, 2.45) is 11.3 Å². The topological polar surface area (TPSA) is 55.4 Å². The lowest BCUT2D eigenvalue weighted by Crippen LogP contribution is -2.67. The normalized spacial score (nSPS) is 32.5. The Morgan fingerprint density at radius 3 is 2.50 bits per heavy atom. The smallest absolute Gasteiger partial charge is 0.175 e. The van der Waals surface area contributed by atoms with Crippen LogP contribution in [0.2, 0.25) is 0 Å². The molecular weight excluding hydrogens is 322 g/mol. The van der Waals surface area contributed by atoms with E-state index in [1.807, 2.05) is 12.1 Å². The van der Waals surface area contributed by atoms with Crippen LogP contribution < -0.4 is 5.32 Å². The van der Waals surface area contributed by atoms with E-state index in [2.05, 4.69) is 12.2 Å². The summed E-state index contributed by atoms with van der Waals surface area (Å²) in [6.45, 7) is 3.09. The van der Waals surface area contributed by atoms with Gasteiger partial charge in [-0.15, -0.1) is 0 Å². The molecular formula is C19H27NO3S. The summed E-state index contributed by atoms with van der Waals surface area (Å²) in [6.07, 6.45) is 8.10.